The van der Waals surface area contributed by atoms with Gasteiger partial charge in [0.1, 0.15) is 5.75 Å². The van der Waals surface area contributed by atoms with Crippen molar-refractivity contribution in [3.8, 4) is 5.75 Å². The lowest BCUT2D eigenvalue weighted by molar-refractivity contribution is -0.136. The number of rotatable bonds is 5. The van der Waals surface area contributed by atoms with Gasteiger partial charge in [-0.05, 0) is 59.8 Å². The fourth-order valence-electron chi connectivity index (χ4n) is 3.32. The van der Waals surface area contributed by atoms with Crippen molar-refractivity contribution >= 4 is 40.5 Å². The zero-order valence-electron chi connectivity index (χ0n) is 18.3. The first kappa shape index (κ1) is 22.4. The summed E-state index contributed by atoms with van der Waals surface area (Å²) in [5, 5.41) is 8.21. The predicted molar refractivity (Wildman–Crippen MR) is 131 cm³/mol. The molecule has 0 saturated heterocycles. The highest BCUT2D eigenvalue weighted by atomic mass is 16.5. The highest BCUT2D eigenvalue weighted by molar-refractivity contribution is 6.40. The van der Waals surface area contributed by atoms with Gasteiger partial charge in [0.25, 0.3) is 0 Å². The Bertz CT molecular complexity index is 1390. The molecule has 0 heterocycles. The van der Waals surface area contributed by atoms with Crippen molar-refractivity contribution in [1.29, 1.82) is 0 Å². The Kier molecular flexibility index (Phi) is 6.74. The molecule has 0 radical (unpaired) electrons. The lowest BCUT2D eigenvalue weighted by Gasteiger charge is -2.07. The van der Waals surface area contributed by atoms with Crippen LogP contribution in [0.25, 0.3) is 10.8 Å². The molecule has 4 rings (SSSR count). The van der Waals surface area contributed by atoms with E-state index < -0.39 is 17.8 Å². The topological polar surface area (TPSA) is 96.9 Å². The van der Waals surface area contributed by atoms with Crippen LogP contribution in [0.3, 0.4) is 0 Å². The van der Waals surface area contributed by atoms with Crippen molar-refractivity contribution in [2.24, 2.45) is 5.10 Å². The third-order valence-electron chi connectivity index (χ3n) is 5.08. The molecule has 0 fully saturated rings. The average molecular weight is 451 g/mol. The number of hydrogen-bond acceptors (Lipinski definition) is 5. The number of amides is 2. The molecule has 0 bridgehead atoms. The molecule has 0 saturated carbocycles. The van der Waals surface area contributed by atoms with E-state index in [1.807, 2.05) is 49.4 Å². The number of anilines is 1. The van der Waals surface area contributed by atoms with Crippen LogP contribution in [0.4, 0.5) is 5.69 Å². The van der Waals surface area contributed by atoms with Gasteiger partial charge >= 0.3 is 17.8 Å². The number of hydrogen-bond donors (Lipinski definition) is 2. The van der Waals surface area contributed by atoms with Crippen LogP contribution in [-0.4, -0.2) is 24.0 Å². The largest absolute Gasteiger partial charge is 0.423 e. The standard InChI is InChI=1S/C27H21N3O4/c1-18-7-2-4-10-22(18)27(33)34-21-15-13-19(14-16-21)17-28-30-26(32)25(31)29-24-12-6-9-20-8-3-5-11-23(20)24/h2-17H,1H3,(H,29,31)(H,30,32). The molecular formula is C27H21N3O4. The van der Waals surface area contributed by atoms with Gasteiger partial charge in [-0.15, -0.1) is 0 Å². The Labute approximate surface area is 196 Å². The average Bonchev–Trinajstić information content (AvgIpc) is 2.85. The smallest absolute Gasteiger partial charge is 0.343 e. The van der Waals surface area contributed by atoms with Gasteiger partial charge < -0.3 is 10.1 Å². The SMILES string of the molecule is Cc1ccccc1C(=O)Oc1ccc(C=NNC(=O)C(=O)Nc2cccc3ccccc23)cc1. The maximum absolute atomic E-state index is 12.3. The van der Waals surface area contributed by atoms with Gasteiger partial charge in [0.05, 0.1) is 11.8 Å². The fourth-order valence-corrected chi connectivity index (χ4v) is 3.32. The van der Waals surface area contributed by atoms with E-state index in [9.17, 15) is 14.4 Å². The molecule has 2 N–H and O–H groups in total. The maximum Gasteiger partial charge on any atom is 0.343 e. The van der Waals surface area contributed by atoms with Gasteiger partial charge in [-0.25, -0.2) is 10.2 Å². The lowest BCUT2D eigenvalue weighted by atomic mass is 10.1. The first-order valence-corrected chi connectivity index (χ1v) is 10.5. The summed E-state index contributed by atoms with van der Waals surface area (Å²) in [6.45, 7) is 1.84. The summed E-state index contributed by atoms with van der Waals surface area (Å²) in [6.07, 6.45) is 1.38. The number of ether oxygens (including phenoxy) is 1. The minimum Gasteiger partial charge on any atom is -0.423 e. The molecule has 7 nitrogen and oxygen atoms in total. The molecule has 4 aromatic carbocycles. The number of nitrogens with one attached hydrogen (secondary N) is 2. The summed E-state index contributed by atoms with van der Waals surface area (Å²) >= 11 is 0. The summed E-state index contributed by atoms with van der Waals surface area (Å²) < 4.78 is 5.39. The molecule has 7 heteroatoms. The van der Waals surface area contributed by atoms with Crippen LogP contribution < -0.4 is 15.5 Å². The Hall–Kier alpha value is -4.78. The quantitative estimate of drug-likeness (QED) is 0.154. The van der Waals surface area contributed by atoms with E-state index in [0.29, 0.717) is 22.6 Å². The van der Waals surface area contributed by atoms with Crippen LogP contribution in [0, 0.1) is 6.92 Å². The third-order valence-corrected chi connectivity index (χ3v) is 5.08. The van der Waals surface area contributed by atoms with Crippen molar-refractivity contribution in [3.63, 3.8) is 0 Å². The molecular weight excluding hydrogens is 430 g/mol. The van der Waals surface area contributed by atoms with Crippen LogP contribution >= 0.6 is 0 Å². The number of aryl methyl sites for hydroxylation is 1. The van der Waals surface area contributed by atoms with Crippen molar-refractivity contribution < 1.29 is 19.1 Å². The number of carbonyl (C=O) groups is 3. The number of hydrazone groups is 1. The van der Waals surface area contributed by atoms with Crippen molar-refractivity contribution in [3.05, 3.63) is 108 Å². The van der Waals surface area contributed by atoms with E-state index in [1.54, 1.807) is 48.5 Å². The van der Waals surface area contributed by atoms with Crippen molar-refractivity contribution in [2.45, 2.75) is 6.92 Å². The van der Waals surface area contributed by atoms with Gasteiger partial charge in [0.15, 0.2) is 0 Å². The van der Waals surface area contributed by atoms with E-state index in [1.165, 1.54) is 6.21 Å². The first-order chi connectivity index (χ1) is 16.5. The number of carbonyl (C=O) groups excluding carboxylic acids is 3. The Morgan fingerprint density at radius 2 is 1.50 bits per heavy atom. The Morgan fingerprint density at radius 1 is 0.794 bits per heavy atom. The molecule has 0 spiro atoms. The summed E-state index contributed by atoms with van der Waals surface area (Å²) in [5.41, 5.74) is 4.72. The normalized spacial score (nSPS) is 10.7. The van der Waals surface area contributed by atoms with Crippen molar-refractivity contribution in [1.82, 2.24) is 5.43 Å². The third kappa shape index (κ3) is 5.34. The van der Waals surface area contributed by atoms with E-state index in [4.69, 9.17) is 4.74 Å². The zero-order valence-corrected chi connectivity index (χ0v) is 18.3. The number of fused-ring (bicyclic) bond motifs is 1. The second kappa shape index (κ2) is 10.2. The van der Waals surface area contributed by atoms with Gasteiger partial charge in [-0.2, -0.15) is 5.10 Å². The number of benzene rings is 4. The van der Waals surface area contributed by atoms with Crippen LogP contribution in [0.15, 0.2) is 96.1 Å². The van der Waals surface area contributed by atoms with E-state index in [-0.39, 0.29) is 0 Å². The molecule has 0 atom stereocenters. The van der Waals surface area contributed by atoms with Gasteiger partial charge in [-0.3, -0.25) is 9.59 Å². The molecule has 0 aromatic heterocycles. The molecule has 2 amide bonds. The molecule has 0 aliphatic carbocycles. The van der Waals surface area contributed by atoms with Crippen molar-refractivity contribution in [2.75, 3.05) is 5.32 Å². The van der Waals surface area contributed by atoms with E-state index in [2.05, 4.69) is 15.8 Å². The molecule has 0 unspecified atom stereocenters. The molecule has 34 heavy (non-hydrogen) atoms. The molecule has 0 aliphatic rings. The lowest BCUT2D eigenvalue weighted by Crippen LogP contribution is -2.32. The zero-order chi connectivity index (χ0) is 23.9. The summed E-state index contributed by atoms with van der Waals surface area (Å²) in [4.78, 5) is 36.7. The summed E-state index contributed by atoms with van der Waals surface area (Å²) in [5.74, 6) is -1.78. The second-order valence-electron chi connectivity index (χ2n) is 7.45. The fraction of sp³-hybridized carbons (Fsp3) is 0.0370. The highest BCUT2D eigenvalue weighted by Gasteiger charge is 2.14. The van der Waals surface area contributed by atoms with Gasteiger partial charge in [0.2, 0.25) is 0 Å². The first-order valence-electron chi connectivity index (χ1n) is 10.5. The Balaban J connectivity index is 1.32. The Morgan fingerprint density at radius 3 is 2.29 bits per heavy atom. The summed E-state index contributed by atoms with van der Waals surface area (Å²) in [7, 11) is 0. The maximum atomic E-state index is 12.3. The number of nitrogens with zero attached hydrogens (tertiary/aromatic N) is 1. The minimum absolute atomic E-state index is 0.379. The minimum atomic E-state index is -0.895. The molecule has 0 aliphatic heterocycles. The van der Waals surface area contributed by atoms with Crippen LogP contribution in [-0.2, 0) is 9.59 Å². The molecule has 4 aromatic rings. The van der Waals surface area contributed by atoms with E-state index in [0.717, 1.165) is 16.3 Å². The monoisotopic (exact) mass is 451 g/mol. The van der Waals surface area contributed by atoms with Gasteiger partial charge in [0, 0.05) is 11.1 Å². The predicted octanol–water partition coefficient (Wildman–Crippen LogP) is 4.46. The van der Waals surface area contributed by atoms with Crippen LogP contribution in [0.2, 0.25) is 0 Å². The molecule has 168 valence electrons. The van der Waals surface area contributed by atoms with Crippen LogP contribution in [0.5, 0.6) is 5.75 Å². The van der Waals surface area contributed by atoms with E-state index >= 15 is 0 Å². The highest BCUT2D eigenvalue weighted by Crippen LogP contribution is 2.22. The number of esters is 1. The second-order valence-corrected chi connectivity index (χ2v) is 7.45. The summed E-state index contributed by atoms with van der Waals surface area (Å²) in [6, 6.07) is 26.7. The van der Waals surface area contributed by atoms with Crippen LogP contribution in [0.1, 0.15) is 21.5 Å². The van der Waals surface area contributed by atoms with Gasteiger partial charge in [-0.1, -0.05) is 54.6 Å².